The van der Waals surface area contributed by atoms with Crippen molar-refractivity contribution in [2.75, 3.05) is 6.54 Å². The Hall–Kier alpha value is -1.72. The predicted octanol–water partition coefficient (Wildman–Crippen LogP) is 2.88. The maximum absolute atomic E-state index is 10.9. The van der Waals surface area contributed by atoms with Gasteiger partial charge in [-0.3, -0.25) is 10.1 Å². The van der Waals surface area contributed by atoms with Crippen LogP contribution in [0.25, 0.3) is 0 Å². The largest absolute Gasteiger partial charge is 0.392 e. The molecule has 5 heteroatoms. The van der Waals surface area contributed by atoms with Gasteiger partial charge < -0.3 is 10.4 Å². The summed E-state index contributed by atoms with van der Waals surface area (Å²) in [5.41, 5.74) is 1.62. The molecule has 20 heavy (non-hydrogen) atoms. The number of nitro groups is 1. The fourth-order valence-electron chi connectivity index (χ4n) is 1.94. The van der Waals surface area contributed by atoms with Crippen molar-refractivity contribution in [1.29, 1.82) is 0 Å². The van der Waals surface area contributed by atoms with Crippen LogP contribution in [0.15, 0.2) is 30.9 Å². The summed E-state index contributed by atoms with van der Waals surface area (Å²) in [6.45, 7) is 7.72. The Bertz CT molecular complexity index is 474. The molecule has 0 spiro atoms. The average Bonchev–Trinajstić information content (AvgIpc) is 2.42. The second-order valence-corrected chi connectivity index (χ2v) is 4.95. The smallest absolute Gasteiger partial charge is 0.272 e. The van der Waals surface area contributed by atoms with Crippen LogP contribution < -0.4 is 5.32 Å². The molecule has 0 fully saturated rings. The number of nitrogens with zero attached hydrogens (tertiary/aromatic N) is 1. The molecule has 0 aliphatic heterocycles. The van der Waals surface area contributed by atoms with Crippen LogP contribution in [0.4, 0.5) is 5.69 Å². The van der Waals surface area contributed by atoms with E-state index < -0.39 is 6.10 Å². The van der Waals surface area contributed by atoms with Gasteiger partial charge in [0.1, 0.15) is 0 Å². The van der Waals surface area contributed by atoms with E-state index in [0.717, 1.165) is 12.0 Å². The van der Waals surface area contributed by atoms with Gasteiger partial charge in [-0.25, -0.2) is 0 Å². The van der Waals surface area contributed by atoms with Crippen molar-refractivity contribution in [3.63, 3.8) is 0 Å². The van der Waals surface area contributed by atoms with E-state index in [0.29, 0.717) is 18.5 Å². The normalized spacial score (nSPS) is 13.8. The minimum absolute atomic E-state index is 0.0484. The molecule has 2 N–H and O–H groups in total. The van der Waals surface area contributed by atoms with E-state index in [1.54, 1.807) is 25.1 Å². The van der Waals surface area contributed by atoms with Gasteiger partial charge in [0, 0.05) is 24.2 Å². The number of aliphatic hydroxyl groups excluding tert-OH is 1. The number of hydrogen-bond donors (Lipinski definition) is 2. The molecule has 1 aromatic rings. The zero-order valence-electron chi connectivity index (χ0n) is 12.0. The highest BCUT2D eigenvalue weighted by Gasteiger charge is 2.14. The van der Waals surface area contributed by atoms with Gasteiger partial charge in [-0.05, 0) is 32.3 Å². The second-order valence-electron chi connectivity index (χ2n) is 4.95. The number of nitro benzene ring substituents is 1. The molecule has 2 atom stereocenters. The number of rotatable bonds is 8. The first-order valence-electron chi connectivity index (χ1n) is 6.73. The summed E-state index contributed by atoms with van der Waals surface area (Å²) in [4.78, 5) is 10.5. The Kier molecular flexibility index (Phi) is 6.35. The number of allylic oxidation sites excluding steroid dienone is 1. The molecule has 0 aromatic heterocycles. The van der Waals surface area contributed by atoms with Gasteiger partial charge >= 0.3 is 0 Å². The van der Waals surface area contributed by atoms with E-state index >= 15 is 0 Å². The van der Waals surface area contributed by atoms with Crippen molar-refractivity contribution in [3.05, 3.63) is 52.1 Å². The predicted molar refractivity (Wildman–Crippen MR) is 79.7 cm³/mol. The van der Waals surface area contributed by atoms with Gasteiger partial charge in [0.05, 0.1) is 11.0 Å². The van der Waals surface area contributed by atoms with E-state index in [1.807, 2.05) is 13.0 Å². The van der Waals surface area contributed by atoms with Gasteiger partial charge in [-0.15, -0.1) is 6.58 Å². The summed E-state index contributed by atoms with van der Waals surface area (Å²) in [6, 6.07) is 5.16. The average molecular weight is 278 g/mol. The van der Waals surface area contributed by atoms with Crippen LogP contribution in [-0.4, -0.2) is 22.7 Å². The highest BCUT2D eigenvalue weighted by atomic mass is 16.6. The fourth-order valence-corrected chi connectivity index (χ4v) is 1.94. The fraction of sp³-hybridized carbons (Fsp3) is 0.467. The summed E-state index contributed by atoms with van der Waals surface area (Å²) in [6.07, 6.45) is 2.77. The van der Waals surface area contributed by atoms with E-state index in [4.69, 9.17) is 0 Å². The molecule has 0 aliphatic rings. The highest BCUT2D eigenvalue weighted by Crippen LogP contribution is 2.23. The van der Waals surface area contributed by atoms with Gasteiger partial charge in [0.15, 0.2) is 0 Å². The first-order valence-corrected chi connectivity index (χ1v) is 6.73. The standard InChI is InChI=1S/C15H22N2O3/c1-4-5-6-14(18)10-16-12(3)13-8-7-11(2)15(9-13)17(19)20/h4,7-9,12,14,16,18H,1,5-6,10H2,2-3H3. The van der Waals surface area contributed by atoms with Crippen LogP contribution in [0.1, 0.15) is 36.9 Å². The molecule has 0 saturated heterocycles. The molecule has 1 aromatic carbocycles. The Morgan fingerprint density at radius 3 is 2.85 bits per heavy atom. The zero-order valence-corrected chi connectivity index (χ0v) is 12.0. The second kappa shape index (κ2) is 7.77. The van der Waals surface area contributed by atoms with Crippen LogP contribution in [0.2, 0.25) is 0 Å². The van der Waals surface area contributed by atoms with Crippen molar-refractivity contribution in [2.24, 2.45) is 0 Å². The van der Waals surface area contributed by atoms with Gasteiger partial charge in [0.2, 0.25) is 0 Å². The van der Waals surface area contributed by atoms with E-state index in [2.05, 4.69) is 11.9 Å². The molecule has 5 nitrogen and oxygen atoms in total. The quantitative estimate of drug-likeness (QED) is 0.435. The van der Waals surface area contributed by atoms with Crippen LogP contribution >= 0.6 is 0 Å². The molecule has 0 amide bonds. The third-order valence-electron chi connectivity index (χ3n) is 3.29. The Morgan fingerprint density at radius 2 is 2.25 bits per heavy atom. The lowest BCUT2D eigenvalue weighted by molar-refractivity contribution is -0.385. The molecule has 2 unspecified atom stereocenters. The molecular weight excluding hydrogens is 256 g/mol. The third-order valence-corrected chi connectivity index (χ3v) is 3.29. The minimum atomic E-state index is -0.434. The number of aryl methyl sites for hydroxylation is 1. The monoisotopic (exact) mass is 278 g/mol. The van der Waals surface area contributed by atoms with Crippen molar-refractivity contribution >= 4 is 5.69 Å². The summed E-state index contributed by atoms with van der Waals surface area (Å²) in [7, 11) is 0. The van der Waals surface area contributed by atoms with Crippen molar-refractivity contribution < 1.29 is 10.0 Å². The number of hydrogen-bond acceptors (Lipinski definition) is 4. The summed E-state index contributed by atoms with van der Waals surface area (Å²) in [5.74, 6) is 0. The molecule has 0 heterocycles. The van der Waals surface area contributed by atoms with Crippen molar-refractivity contribution in [3.8, 4) is 0 Å². The molecule has 110 valence electrons. The van der Waals surface area contributed by atoms with Crippen molar-refractivity contribution in [2.45, 2.75) is 38.8 Å². The molecule has 0 aliphatic carbocycles. The first-order chi connectivity index (χ1) is 9.45. The van der Waals surface area contributed by atoms with Crippen LogP contribution in [-0.2, 0) is 0 Å². The molecular formula is C15H22N2O3. The first kappa shape index (κ1) is 16.3. The molecule has 0 radical (unpaired) electrons. The lowest BCUT2D eigenvalue weighted by Gasteiger charge is -2.17. The van der Waals surface area contributed by atoms with Crippen LogP contribution in [0, 0.1) is 17.0 Å². The lowest BCUT2D eigenvalue weighted by atomic mass is 10.0. The summed E-state index contributed by atoms with van der Waals surface area (Å²) >= 11 is 0. The van der Waals surface area contributed by atoms with E-state index in [9.17, 15) is 15.2 Å². The molecule has 0 bridgehead atoms. The lowest BCUT2D eigenvalue weighted by Crippen LogP contribution is -2.29. The number of benzene rings is 1. The maximum atomic E-state index is 10.9. The topological polar surface area (TPSA) is 75.4 Å². The molecule has 1 rings (SSSR count). The minimum Gasteiger partial charge on any atom is -0.392 e. The zero-order chi connectivity index (χ0) is 15.1. The van der Waals surface area contributed by atoms with Gasteiger partial charge in [-0.2, -0.15) is 0 Å². The van der Waals surface area contributed by atoms with Gasteiger partial charge in [0.25, 0.3) is 5.69 Å². The van der Waals surface area contributed by atoms with Crippen LogP contribution in [0.3, 0.4) is 0 Å². The highest BCUT2D eigenvalue weighted by molar-refractivity contribution is 5.43. The van der Waals surface area contributed by atoms with Crippen molar-refractivity contribution in [1.82, 2.24) is 5.32 Å². The summed E-state index contributed by atoms with van der Waals surface area (Å²) < 4.78 is 0. The third kappa shape index (κ3) is 4.75. The Balaban J connectivity index is 2.63. The Morgan fingerprint density at radius 1 is 1.55 bits per heavy atom. The van der Waals surface area contributed by atoms with E-state index in [-0.39, 0.29) is 16.7 Å². The van der Waals surface area contributed by atoms with Crippen LogP contribution in [0.5, 0.6) is 0 Å². The summed E-state index contributed by atoms with van der Waals surface area (Å²) in [5, 5.41) is 23.8. The maximum Gasteiger partial charge on any atom is 0.272 e. The SMILES string of the molecule is C=CCCC(O)CNC(C)c1ccc(C)c([N+](=O)[O-])c1. The van der Waals surface area contributed by atoms with Gasteiger partial charge in [-0.1, -0.05) is 18.2 Å². The number of nitrogens with one attached hydrogen (secondary N) is 1. The Labute approximate surface area is 119 Å². The number of aliphatic hydroxyl groups is 1. The van der Waals surface area contributed by atoms with E-state index in [1.165, 1.54) is 0 Å². The molecule has 0 saturated carbocycles.